The lowest BCUT2D eigenvalue weighted by molar-refractivity contribution is -0.140. The number of likely N-dealkylation sites (N-methyl/N-ethyl adjacent to an activating group) is 1. The summed E-state index contributed by atoms with van der Waals surface area (Å²) < 4.78 is 28.7. The Morgan fingerprint density at radius 2 is 1.54 bits per heavy atom. The normalized spacial score (nSPS) is 12.1. The van der Waals surface area contributed by atoms with Gasteiger partial charge in [0, 0.05) is 18.1 Å². The highest BCUT2D eigenvalue weighted by Gasteiger charge is 2.34. The van der Waals surface area contributed by atoms with Crippen molar-refractivity contribution in [3.63, 3.8) is 0 Å². The van der Waals surface area contributed by atoms with Crippen molar-refractivity contribution >= 4 is 62.3 Å². The number of hydrogen-bond acceptors (Lipinski definition) is 4. The number of nitrogens with zero attached hydrogens (tertiary/aromatic N) is 2. The lowest BCUT2D eigenvalue weighted by Gasteiger charge is -2.33. The van der Waals surface area contributed by atoms with E-state index in [1.807, 2.05) is 6.92 Å². The van der Waals surface area contributed by atoms with Crippen LogP contribution < -0.4 is 9.62 Å². The van der Waals surface area contributed by atoms with E-state index in [0.717, 1.165) is 9.87 Å². The highest BCUT2D eigenvalue weighted by atomic mass is 35.5. The van der Waals surface area contributed by atoms with E-state index in [9.17, 15) is 18.0 Å². The van der Waals surface area contributed by atoms with E-state index in [2.05, 4.69) is 5.32 Å². The van der Waals surface area contributed by atoms with Crippen LogP contribution in [0.25, 0.3) is 0 Å². The van der Waals surface area contributed by atoms with E-state index >= 15 is 0 Å². The number of amides is 2. The van der Waals surface area contributed by atoms with Crippen LogP contribution in [0.2, 0.25) is 15.1 Å². The number of anilines is 1. The van der Waals surface area contributed by atoms with Gasteiger partial charge in [0.05, 0.1) is 20.6 Å². The maximum atomic E-state index is 14.0. The Morgan fingerprint density at radius 1 is 0.897 bits per heavy atom. The predicted octanol–water partition coefficient (Wildman–Crippen LogP) is 6.09. The number of carbonyl (C=O) groups excluding carboxylic acids is 2. The Hall–Kier alpha value is -2.78. The van der Waals surface area contributed by atoms with Gasteiger partial charge in [-0.05, 0) is 56.2 Å². The first kappa shape index (κ1) is 30.8. The van der Waals surface area contributed by atoms with Crippen LogP contribution in [0.15, 0.2) is 71.6 Å². The van der Waals surface area contributed by atoms with E-state index in [-0.39, 0.29) is 33.1 Å². The van der Waals surface area contributed by atoms with E-state index in [1.54, 1.807) is 56.3 Å². The molecule has 0 aliphatic carbocycles. The van der Waals surface area contributed by atoms with Crippen LogP contribution >= 0.6 is 34.8 Å². The fraction of sp³-hybridized carbons (Fsp3) is 0.286. The standard InChI is InChI=1S/C28H30Cl3N3O4S/c1-4-24(28(36)32-5-2)33(17-20-9-6-7-10-22(20)29)26(35)18-34(25-12-8-11-23(30)27(25)31)39(37,38)21-15-13-19(3)14-16-21/h6-16,24H,4-5,17-18H2,1-3H3,(H,32,36). The van der Waals surface area contributed by atoms with Crippen molar-refractivity contribution in [1.82, 2.24) is 10.2 Å². The molecule has 0 bridgehead atoms. The minimum Gasteiger partial charge on any atom is -0.355 e. The second kappa shape index (κ2) is 13.5. The Morgan fingerprint density at radius 3 is 2.15 bits per heavy atom. The lowest BCUT2D eigenvalue weighted by atomic mass is 10.1. The Bertz CT molecular complexity index is 1430. The third kappa shape index (κ3) is 7.25. The molecule has 0 aromatic heterocycles. The molecule has 1 N–H and O–H groups in total. The SMILES string of the molecule is CCNC(=O)C(CC)N(Cc1ccccc1Cl)C(=O)CN(c1cccc(Cl)c1Cl)S(=O)(=O)c1ccc(C)cc1. The number of nitrogens with one attached hydrogen (secondary N) is 1. The van der Waals surface area contributed by atoms with Gasteiger partial charge in [0.1, 0.15) is 12.6 Å². The number of aryl methyl sites for hydroxylation is 1. The zero-order chi connectivity index (χ0) is 28.7. The molecule has 0 saturated carbocycles. The third-order valence-corrected chi connectivity index (χ3v) is 9.07. The van der Waals surface area contributed by atoms with E-state index in [4.69, 9.17) is 34.8 Å². The van der Waals surface area contributed by atoms with Gasteiger partial charge < -0.3 is 10.2 Å². The Labute approximate surface area is 244 Å². The monoisotopic (exact) mass is 609 g/mol. The van der Waals surface area contributed by atoms with Gasteiger partial charge in [-0.2, -0.15) is 0 Å². The minimum atomic E-state index is -4.27. The van der Waals surface area contributed by atoms with Crippen molar-refractivity contribution in [3.05, 3.63) is 92.9 Å². The maximum Gasteiger partial charge on any atom is 0.264 e. The van der Waals surface area contributed by atoms with Crippen LogP contribution in [-0.2, 0) is 26.2 Å². The first-order chi connectivity index (χ1) is 18.5. The molecular weight excluding hydrogens is 581 g/mol. The van der Waals surface area contributed by atoms with Crippen LogP contribution in [0.4, 0.5) is 5.69 Å². The van der Waals surface area contributed by atoms with Gasteiger partial charge in [0.2, 0.25) is 11.8 Å². The number of rotatable bonds is 11. The molecular formula is C28H30Cl3N3O4S. The van der Waals surface area contributed by atoms with Gasteiger partial charge in [-0.25, -0.2) is 8.42 Å². The molecule has 0 heterocycles. The van der Waals surface area contributed by atoms with Crippen LogP contribution in [0, 0.1) is 6.92 Å². The molecule has 3 aromatic carbocycles. The van der Waals surface area contributed by atoms with Crippen LogP contribution in [-0.4, -0.2) is 44.3 Å². The van der Waals surface area contributed by atoms with Gasteiger partial charge in [-0.1, -0.05) is 83.7 Å². The van der Waals surface area contributed by atoms with Gasteiger partial charge >= 0.3 is 0 Å². The summed E-state index contributed by atoms with van der Waals surface area (Å²) in [5.41, 5.74) is 1.53. The molecule has 0 aliphatic rings. The van der Waals surface area contributed by atoms with Gasteiger partial charge in [-0.15, -0.1) is 0 Å². The summed E-state index contributed by atoms with van der Waals surface area (Å²) in [7, 11) is -4.27. The molecule has 3 aromatic rings. The van der Waals surface area contributed by atoms with Crippen LogP contribution in [0.1, 0.15) is 31.4 Å². The second-order valence-corrected chi connectivity index (χ2v) is 11.9. The molecule has 0 aliphatic heterocycles. The van der Waals surface area contributed by atoms with Crippen molar-refractivity contribution in [2.24, 2.45) is 0 Å². The Balaban J connectivity index is 2.12. The molecule has 0 saturated heterocycles. The van der Waals surface area contributed by atoms with Crippen molar-refractivity contribution in [2.75, 3.05) is 17.4 Å². The molecule has 0 radical (unpaired) electrons. The predicted molar refractivity (Wildman–Crippen MR) is 157 cm³/mol. The van der Waals surface area contributed by atoms with Crippen LogP contribution in [0.3, 0.4) is 0 Å². The molecule has 3 rings (SSSR count). The van der Waals surface area contributed by atoms with E-state index < -0.39 is 28.5 Å². The molecule has 1 unspecified atom stereocenters. The topological polar surface area (TPSA) is 86.8 Å². The molecule has 208 valence electrons. The van der Waals surface area contributed by atoms with E-state index in [0.29, 0.717) is 23.6 Å². The smallest absolute Gasteiger partial charge is 0.264 e. The Kier molecular flexibility index (Phi) is 10.7. The molecule has 0 fully saturated rings. The fourth-order valence-electron chi connectivity index (χ4n) is 4.06. The largest absolute Gasteiger partial charge is 0.355 e. The first-order valence-corrected chi connectivity index (χ1v) is 14.9. The average molecular weight is 611 g/mol. The van der Waals surface area contributed by atoms with Gasteiger partial charge in [-0.3, -0.25) is 13.9 Å². The first-order valence-electron chi connectivity index (χ1n) is 12.3. The fourth-order valence-corrected chi connectivity index (χ4v) is 6.13. The summed E-state index contributed by atoms with van der Waals surface area (Å²) >= 11 is 19.1. The number of benzene rings is 3. The summed E-state index contributed by atoms with van der Waals surface area (Å²) in [6.07, 6.45) is 0.296. The summed E-state index contributed by atoms with van der Waals surface area (Å²) in [5.74, 6) is -0.964. The quantitative estimate of drug-likeness (QED) is 0.285. The van der Waals surface area contributed by atoms with Gasteiger partial charge in [0.25, 0.3) is 10.0 Å². The number of carbonyl (C=O) groups is 2. The third-order valence-electron chi connectivity index (χ3n) is 6.12. The summed E-state index contributed by atoms with van der Waals surface area (Å²) in [6, 6.07) is 16.9. The molecule has 7 nitrogen and oxygen atoms in total. The summed E-state index contributed by atoms with van der Waals surface area (Å²) in [5, 5.41) is 3.29. The maximum absolute atomic E-state index is 14.0. The molecule has 2 amide bonds. The van der Waals surface area contributed by atoms with Crippen molar-refractivity contribution in [1.29, 1.82) is 0 Å². The van der Waals surface area contributed by atoms with Crippen molar-refractivity contribution in [3.8, 4) is 0 Å². The second-order valence-electron chi connectivity index (χ2n) is 8.83. The number of sulfonamides is 1. The minimum absolute atomic E-state index is 0.00412. The zero-order valence-electron chi connectivity index (χ0n) is 21.8. The number of hydrogen-bond donors (Lipinski definition) is 1. The molecule has 39 heavy (non-hydrogen) atoms. The van der Waals surface area contributed by atoms with Crippen molar-refractivity contribution in [2.45, 2.75) is 44.7 Å². The molecule has 11 heteroatoms. The summed E-state index contributed by atoms with van der Waals surface area (Å²) in [4.78, 5) is 28.3. The molecule has 1 atom stereocenters. The summed E-state index contributed by atoms with van der Waals surface area (Å²) in [6.45, 7) is 5.13. The van der Waals surface area contributed by atoms with Gasteiger partial charge in [0.15, 0.2) is 0 Å². The lowest BCUT2D eigenvalue weighted by Crippen LogP contribution is -2.52. The molecule has 0 spiro atoms. The highest BCUT2D eigenvalue weighted by Crippen LogP contribution is 2.35. The number of halogens is 3. The average Bonchev–Trinajstić information content (AvgIpc) is 2.90. The van der Waals surface area contributed by atoms with E-state index in [1.165, 1.54) is 29.2 Å². The van der Waals surface area contributed by atoms with Crippen LogP contribution in [0.5, 0.6) is 0 Å². The highest BCUT2D eigenvalue weighted by molar-refractivity contribution is 7.92. The zero-order valence-corrected chi connectivity index (χ0v) is 24.9. The van der Waals surface area contributed by atoms with Crippen molar-refractivity contribution < 1.29 is 18.0 Å².